The highest BCUT2D eigenvalue weighted by Gasteiger charge is 2.34. The van der Waals surface area contributed by atoms with Gasteiger partial charge in [0, 0.05) is 25.3 Å². The number of benzene rings is 1. The Kier molecular flexibility index (Phi) is 5.41. The third kappa shape index (κ3) is 3.95. The van der Waals surface area contributed by atoms with E-state index >= 15 is 0 Å². The number of pyridine rings is 1. The molecule has 4 aromatic rings. The van der Waals surface area contributed by atoms with E-state index in [9.17, 15) is 22.4 Å². The summed E-state index contributed by atoms with van der Waals surface area (Å²) in [5, 5.41) is 9.77. The molecule has 1 aromatic carbocycles. The molecule has 2 N–H and O–H groups in total. The number of alkyl halides is 3. The van der Waals surface area contributed by atoms with Crippen LogP contribution in [0.2, 0.25) is 0 Å². The first kappa shape index (κ1) is 22.2. The molecule has 0 unspecified atom stereocenters. The van der Waals surface area contributed by atoms with Gasteiger partial charge in [-0.05, 0) is 49.9 Å². The zero-order valence-corrected chi connectivity index (χ0v) is 18.2. The average molecular weight is 474 g/mol. The van der Waals surface area contributed by atoms with Gasteiger partial charge >= 0.3 is 6.18 Å². The molecule has 1 amide bonds. The first-order chi connectivity index (χ1) is 16.2. The standard InChI is InChI=1S/C23H22F4N6O/c1-32(19-7-3-6-18-29-17(12-33(18)19)23(25,26)27)14-10-8-13(9-11-14)28-22(34)21-20-15(24)4-2-5-16(20)30-31-21/h2-7,12-14H,8-11H2,1H3,(H,28,34)(H,30,31)/t13-,14+. The number of amides is 1. The van der Waals surface area contributed by atoms with Gasteiger partial charge in [-0.25, -0.2) is 9.37 Å². The number of H-pyrrole nitrogens is 1. The van der Waals surface area contributed by atoms with Gasteiger partial charge in [0.05, 0.1) is 10.9 Å². The Hall–Kier alpha value is -3.63. The summed E-state index contributed by atoms with van der Waals surface area (Å²) in [7, 11) is 1.85. The van der Waals surface area contributed by atoms with Crippen molar-refractivity contribution in [3.63, 3.8) is 0 Å². The molecule has 0 bridgehead atoms. The van der Waals surface area contributed by atoms with E-state index in [2.05, 4.69) is 20.5 Å². The van der Waals surface area contributed by atoms with Gasteiger partial charge in [0.1, 0.15) is 17.3 Å². The van der Waals surface area contributed by atoms with Crippen molar-refractivity contribution in [2.24, 2.45) is 0 Å². The minimum absolute atomic E-state index is 0.0274. The number of rotatable bonds is 4. The molecule has 11 heteroatoms. The number of imidazole rings is 1. The normalized spacial score (nSPS) is 19.0. The second kappa shape index (κ2) is 8.30. The number of aromatic nitrogens is 4. The number of halogens is 4. The molecule has 5 rings (SSSR count). The first-order valence-electron chi connectivity index (χ1n) is 10.9. The highest BCUT2D eigenvalue weighted by atomic mass is 19.4. The van der Waals surface area contributed by atoms with Gasteiger partial charge in [-0.3, -0.25) is 14.3 Å². The molecule has 0 radical (unpaired) electrons. The van der Waals surface area contributed by atoms with Crippen molar-refractivity contribution in [2.45, 2.75) is 43.9 Å². The number of nitrogens with zero attached hydrogens (tertiary/aromatic N) is 4. The molecule has 1 saturated carbocycles. The molecule has 178 valence electrons. The van der Waals surface area contributed by atoms with E-state index in [4.69, 9.17) is 0 Å². The van der Waals surface area contributed by atoms with E-state index in [0.29, 0.717) is 24.2 Å². The first-order valence-corrected chi connectivity index (χ1v) is 10.9. The number of aromatic amines is 1. The van der Waals surface area contributed by atoms with Gasteiger partial charge in [-0.2, -0.15) is 18.3 Å². The third-order valence-corrected chi connectivity index (χ3v) is 6.46. The lowest BCUT2D eigenvalue weighted by Crippen LogP contribution is -2.43. The lowest BCUT2D eigenvalue weighted by atomic mass is 9.90. The second-order valence-electron chi connectivity index (χ2n) is 8.56. The number of carbonyl (C=O) groups is 1. The lowest BCUT2D eigenvalue weighted by molar-refractivity contribution is -0.140. The summed E-state index contributed by atoms with van der Waals surface area (Å²) >= 11 is 0. The Morgan fingerprint density at radius 2 is 1.88 bits per heavy atom. The summed E-state index contributed by atoms with van der Waals surface area (Å²) in [5.41, 5.74) is -0.212. The van der Waals surface area contributed by atoms with Crippen molar-refractivity contribution in [2.75, 3.05) is 11.9 Å². The van der Waals surface area contributed by atoms with Crippen LogP contribution in [0, 0.1) is 5.82 Å². The zero-order valence-electron chi connectivity index (χ0n) is 18.2. The second-order valence-corrected chi connectivity index (χ2v) is 8.56. The summed E-state index contributed by atoms with van der Waals surface area (Å²) in [5.74, 6) is -0.327. The summed E-state index contributed by atoms with van der Waals surface area (Å²) in [4.78, 5) is 18.4. The van der Waals surface area contributed by atoms with Crippen molar-refractivity contribution in [1.29, 1.82) is 0 Å². The van der Waals surface area contributed by atoms with Crippen molar-refractivity contribution >= 4 is 28.3 Å². The summed E-state index contributed by atoms with van der Waals surface area (Å²) in [6.45, 7) is 0. The Balaban J connectivity index is 1.26. The molecule has 0 spiro atoms. The maximum absolute atomic E-state index is 14.2. The van der Waals surface area contributed by atoms with Gasteiger partial charge < -0.3 is 10.2 Å². The number of nitrogens with one attached hydrogen (secondary N) is 2. The SMILES string of the molecule is CN(c1cccc2nc(C(F)(F)F)cn12)[C@H]1CC[C@@H](NC(=O)c2n[nH]c3cccc(F)c23)CC1. The van der Waals surface area contributed by atoms with Crippen LogP contribution in [0.15, 0.2) is 42.6 Å². The molecule has 1 aliphatic carbocycles. The summed E-state index contributed by atoms with van der Waals surface area (Å²) in [6.07, 6.45) is -0.678. The number of anilines is 1. The maximum atomic E-state index is 14.2. The van der Waals surface area contributed by atoms with Crippen LogP contribution in [0.1, 0.15) is 41.9 Å². The van der Waals surface area contributed by atoms with Crippen LogP contribution in [0.3, 0.4) is 0 Å². The monoisotopic (exact) mass is 474 g/mol. The van der Waals surface area contributed by atoms with E-state index in [0.717, 1.165) is 19.0 Å². The minimum atomic E-state index is -4.51. The molecule has 0 saturated heterocycles. The van der Waals surface area contributed by atoms with Crippen molar-refractivity contribution in [3.05, 3.63) is 59.8 Å². The van der Waals surface area contributed by atoms with Gasteiger partial charge in [0.25, 0.3) is 5.91 Å². The van der Waals surface area contributed by atoms with E-state index in [1.165, 1.54) is 10.5 Å². The van der Waals surface area contributed by atoms with Gasteiger partial charge in [0.2, 0.25) is 0 Å². The van der Waals surface area contributed by atoms with E-state index in [1.54, 1.807) is 30.3 Å². The molecule has 0 atom stereocenters. The fourth-order valence-electron chi connectivity index (χ4n) is 4.66. The van der Waals surface area contributed by atoms with Gasteiger partial charge in [-0.15, -0.1) is 0 Å². The molecular formula is C23H22F4N6O. The molecular weight excluding hydrogens is 452 g/mol. The topological polar surface area (TPSA) is 78.3 Å². The highest BCUT2D eigenvalue weighted by Crippen LogP contribution is 2.32. The van der Waals surface area contributed by atoms with E-state index in [-0.39, 0.29) is 28.8 Å². The van der Waals surface area contributed by atoms with Crippen LogP contribution >= 0.6 is 0 Å². The zero-order chi connectivity index (χ0) is 24.0. The van der Waals surface area contributed by atoms with Crippen molar-refractivity contribution < 1.29 is 22.4 Å². The Bertz CT molecular complexity index is 1350. The van der Waals surface area contributed by atoms with Crippen molar-refractivity contribution in [3.8, 4) is 0 Å². The average Bonchev–Trinajstić information content (AvgIpc) is 3.44. The van der Waals surface area contributed by atoms with Crippen molar-refractivity contribution in [1.82, 2.24) is 24.9 Å². The largest absolute Gasteiger partial charge is 0.434 e. The number of hydrogen-bond donors (Lipinski definition) is 2. The van der Waals surface area contributed by atoms with Crippen LogP contribution < -0.4 is 10.2 Å². The Labute approximate surface area is 191 Å². The number of carbonyl (C=O) groups excluding carboxylic acids is 1. The van der Waals surface area contributed by atoms with Crippen LogP contribution in [-0.2, 0) is 6.18 Å². The molecule has 3 heterocycles. The third-order valence-electron chi connectivity index (χ3n) is 6.46. The maximum Gasteiger partial charge on any atom is 0.434 e. The summed E-state index contributed by atoms with van der Waals surface area (Å²) in [6, 6.07) is 9.46. The molecule has 3 aromatic heterocycles. The predicted octanol–water partition coefficient (Wildman–Crippen LogP) is 4.55. The molecule has 1 aliphatic rings. The van der Waals surface area contributed by atoms with Gasteiger partial charge in [0.15, 0.2) is 11.4 Å². The fraction of sp³-hybridized carbons (Fsp3) is 0.348. The van der Waals surface area contributed by atoms with Crippen LogP contribution in [-0.4, -0.2) is 44.6 Å². The Morgan fingerprint density at radius 3 is 2.62 bits per heavy atom. The molecule has 0 aliphatic heterocycles. The smallest absolute Gasteiger partial charge is 0.358 e. The number of hydrogen-bond acceptors (Lipinski definition) is 4. The number of fused-ring (bicyclic) bond motifs is 2. The molecule has 7 nitrogen and oxygen atoms in total. The molecule has 34 heavy (non-hydrogen) atoms. The highest BCUT2D eigenvalue weighted by molar-refractivity contribution is 6.04. The Morgan fingerprint density at radius 1 is 1.15 bits per heavy atom. The lowest BCUT2D eigenvalue weighted by Gasteiger charge is -2.36. The van der Waals surface area contributed by atoms with Crippen LogP contribution in [0.5, 0.6) is 0 Å². The molecule has 1 fully saturated rings. The van der Waals surface area contributed by atoms with E-state index in [1.807, 2.05) is 11.9 Å². The van der Waals surface area contributed by atoms with Crippen LogP contribution in [0.25, 0.3) is 16.6 Å². The minimum Gasteiger partial charge on any atom is -0.358 e. The summed E-state index contributed by atoms with van der Waals surface area (Å²) < 4.78 is 55.0. The van der Waals surface area contributed by atoms with Crippen LogP contribution in [0.4, 0.5) is 23.4 Å². The van der Waals surface area contributed by atoms with Gasteiger partial charge in [-0.1, -0.05) is 12.1 Å². The quantitative estimate of drug-likeness (QED) is 0.426. The fourth-order valence-corrected chi connectivity index (χ4v) is 4.66. The van der Waals surface area contributed by atoms with E-state index < -0.39 is 23.6 Å². The predicted molar refractivity (Wildman–Crippen MR) is 118 cm³/mol.